The van der Waals surface area contributed by atoms with Crippen molar-refractivity contribution in [2.75, 3.05) is 6.54 Å². The molecular formula is C11H11F4NO. The van der Waals surface area contributed by atoms with Crippen LogP contribution in [0.4, 0.5) is 17.6 Å². The van der Waals surface area contributed by atoms with E-state index in [1.807, 2.05) is 0 Å². The summed E-state index contributed by atoms with van der Waals surface area (Å²) in [4.78, 5) is 11.4. The first-order valence-electron chi connectivity index (χ1n) is 5.00. The molecule has 1 rings (SSSR count). The van der Waals surface area contributed by atoms with Gasteiger partial charge in [-0.3, -0.25) is 4.79 Å². The molecule has 1 aromatic rings. The minimum Gasteiger partial charge on any atom is -0.352 e. The molecular weight excluding hydrogens is 238 g/mol. The predicted octanol–water partition coefficient (Wildman–Crippen LogP) is 2.98. The van der Waals surface area contributed by atoms with Gasteiger partial charge in [0.05, 0.1) is 5.56 Å². The second-order valence-electron chi connectivity index (χ2n) is 3.48. The molecule has 17 heavy (non-hydrogen) atoms. The summed E-state index contributed by atoms with van der Waals surface area (Å²) in [7, 11) is 0. The summed E-state index contributed by atoms with van der Waals surface area (Å²) >= 11 is 0. The summed E-state index contributed by atoms with van der Waals surface area (Å²) in [6.45, 7) is 2.13. The lowest BCUT2D eigenvalue weighted by molar-refractivity contribution is -0.137. The van der Waals surface area contributed by atoms with Crippen molar-refractivity contribution in [3.63, 3.8) is 0 Å². The molecule has 0 atom stereocenters. The predicted molar refractivity (Wildman–Crippen MR) is 54.0 cm³/mol. The third kappa shape index (κ3) is 3.72. The smallest absolute Gasteiger partial charge is 0.352 e. The number of carbonyl (C=O) groups is 1. The normalized spacial score (nSPS) is 11.4. The zero-order chi connectivity index (χ0) is 13.1. The maximum Gasteiger partial charge on any atom is 0.416 e. The van der Waals surface area contributed by atoms with Crippen LogP contribution in [0, 0.1) is 5.82 Å². The number of hydrogen-bond acceptors (Lipinski definition) is 1. The van der Waals surface area contributed by atoms with Crippen LogP contribution in [0.5, 0.6) is 0 Å². The fourth-order valence-electron chi connectivity index (χ4n) is 1.22. The third-order valence-corrected chi connectivity index (χ3v) is 2.02. The Balaban J connectivity index is 3.01. The van der Waals surface area contributed by atoms with Gasteiger partial charge in [-0.25, -0.2) is 4.39 Å². The molecule has 0 aliphatic carbocycles. The molecule has 0 aliphatic heterocycles. The Kier molecular flexibility index (Phi) is 4.09. The topological polar surface area (TPSA) is 29.1 Å². The van der Waals surface area contributed by atoms with Crippen LogP contribution >= 0.6 is 0 Å². The minimum absolute atomic E-state index is 0.328. The molecule has 0 aromatic heterocycles. The highest BCUT2D eigenvalue weighted by molar-refractivity contribution is 5.94. The number of amides is 1. The Morgan fingerprint density at radius 1 is 1.29 bits per heavy atom. The molecule has 0 saturated heterocycles. The quantitative estimate of drug-likeness (QED) is 0.820. The molecule has 0 bridgehead atoms. The van der Waals surface area contributed by atoms with Gasteiger partial charge < -0.3 is 5.32 Å². The van der Waals surface area contributed by atoms with Crippen LogP contribution in [-0.4, -0.2) is 12.5 Å². The summed E-state index contributed by atoms with van der Waals surface area (Å²) in [6.07, 6.45) is -4.02. The third-order valence-electron chi connectivity index (χ3n) is 2.02. The maximum absolute atomic E-state index is 13.0. The summed E-state index contributed by atoms with van der Waals surface area (Å²) in [5.41, 5.74) is -1.50. The first kappa shape index (κ1) is 13.5. The van der Waals surface area contributed by atoms with Crippen LogP contribution in [0.2, 0.25) is 0 Å². The summed E-state index contributed by atoms with van der Waals surface area (Å²) in [5, 5.41) is 2.38. The lowest BCUT2D eigenvalue weighted by Crippen LogP contribution is -2.24. The van der Waals surface area contributed by atoms with E-state index < -0.39 is 23.5 Å². The van der Waals surface area contributed by atoms with Gasteiger partial charge in [0.2, 0.25) is 0 Å². The van der Waals surface area contributed by atoms with Gasteiger partial charge in [0.1, 0.15) is 5.82 Å². The van der Waals surface area contributed by atoms with E-state index in [-0.39, 0.29) is 5.56 Å². The average molecular weight is 249 g/mol. The lowest BCUT2D eigenvalue weighted by Gasteiger charge is -2.09. The van der Waals surface area contributed by atoms with Crippen LogP contribution < -0.4 is 5.32 Å². The summed E-state index contributed by atoms with van der Waals surface area (Å²) in [6, 6.07) is 1.77. The van der Waals surface area contributed by atoms with Crippen molar-refractivity contribution in [1.82, 2.24) is 5.32 Å². The van der Waals surface area contributed by atoms with Crippen molar-refractivity contribution in [3.8, 4) is 0 Å². The van der Waals surface area contributed by atoms with Crippen molar-refractivity contribution in [2.45, 2.75) is 19.5 Å². The van der Waals surface area contributed by atoms with Crippen molar-refractivity contribution >= 4 is 5.91 Å². The monoisotopic (exact) mass is 249 g/mol. The molecule has 1 amide bonds. The number of carbonyl (C=O) groups excluding carboxylic acids is 1. The molecule has 0 fully saturated rings. The van der Waals surface area contributed by atoms with E-state index in [1.54, 1.807) is 6.92 Å². The number of hydrogen-bond donors (Lipinski definition) is 1. The molecule has 94 valence electrons. The summed E-state index contributed by atoms with van der Waals surface area (Å²) < 4.78 is 50.1. The SMILES string of the molecule is CCCNC(=O)c1cc(F)cc(C(F)(F)F)c1. The van der Waals surface area contributed by atoms with Gasteiger partial charge in [-0.1, -0.05) is 6.92 Å². The molecule has 0 unspecified atom stereocenters. The highest BCUT2D eigenvalue weighted by Gasteiger charge is 2.31. The van der Waals surface area contributed by atoms with Crippen LogP contribution in [0.1, 0.15) is 29.3 Å². The highest BCUT2D eigenvalue weighted by atomic mass is 19.4. The fraction of sp³-hybridized carbons (Fsp3) is 0.364. The fourth-order valence-corrected chi connectivity index (χ4v) is 1.22. The molecule has 0 saturated carbocycles. The Hall–Kier alpha value is -1.59. The van der Waals surface area contributed by atoms with E-state index in [0.717, 1.165) is 6.07 Å². The molecule has 1 aromatic carbocycles. The van der Waals surface area contributed by atoms with Gasteiger partial charge in [0.15, 0.2) is 0 Å². The van der Waals surface area contributed by atoms with Crippen LogP contribution in [0.3, 0.4) is 0 Å². The maximum atomic E-state index is 13.0. The lowest BCUT2D eigenvalue weighted by atomic mass is 10.1. The number of rotatable bonds is 3. The molecule has 6 heteroatoms. The average Bonchev–Trinajstić information content (AvgIpc) is 2.23. The van der Waals surface area contributed by atoms with Gasteiger partial charge in [-0.15, -0.1) is 0 Å². The van der Waals surface area contributed by atoms with Crippen molar-refractivity contribution in [1.29, 1.82) is 0 Å². The van der Waals surface area contributed by atoms with Gasteiger partial charge in [0, 0.05) is 12.1 Å². The molecule has 0 heterocycles. The number of nitrogens with one attached hydrogen (secondary N) is 1. The Morgan fingerprint density at radius 2 is 1.94 bits per heavy atom. The molecule has 2 nitrogen and oxygen atoms in total. The molecule has 1 N–H and O–H groups in total. The first-order valence-corrected chi connectivity index (χ1v) is 5.00. The van der Waals surface area contributed by atoms with Gasteiger partial charge in [-0.2, -0.15) is 13.2 Å². The standard InChI is InChI=1S/C11H11F4NO/c1-2-3-16-10(17)7-4-8(11(13,14)15)6-9(12)5-7/h4-6H,2-3H2,1H3,(H,16,17). The van der Waals surface area contributed by atoms with Gasteiger partial charge >= 0.3 is 6.18 Å². The molecule has 0 aliphatic rings. The van der Waals surface area contributed by atoms with Crippen molar-refractivity contribution in [2.24, 2.45) is 0 Å². The van der Waals surface area contributed by atoms with Crippen molar-refractivity contribution in [3.05, 3.63) is 35.1 Å². The zero-order valence-electron chi connectivity index (χ0n) is 9.07. The zero-order valence-corrected chi connectivity index (χ0v) is 9.07. The number of alkyl halides is 3. The highest BCUT2D eigenvalue weighted by Crippen LogP contribution is 2.30. The second-order valence-corrected chi connectivity index (χ2v) is 3.48. The minimum atomic E-state index is -4.66. The van der Waals surface area contributed by atoms with Crippen LogP contribution in [0.25, 0.3) is 0 Å². The van der Waals surface area contributed by atoms with E-state index in [1.165, 1.54) is 0 Å². The van der Waals surface area contributed by atoms with E-state index in [4.69, 9.17) is 0 Å². The summed E-state index contributed by atoms with van der Waals surface area (Å²) in [5.74, 6) is -1.79. The van der Waals surface area contributed by atoms with E-state index in [2.05, 4.69) is 5.32 Å². The molecule has 0 spiro atoms. The Morgan fingerprint density at radius 3 is 2.47 bits per heavy atom. The van der Waals surface area contributed by atoms with E-state index >= 15 is 0 Å². The Labute approximate surface area is 95.6 Å². The number of halogens is 4. The van der Waals surface area contributed by atoms with E-state index in [0.29, 0.717) is 25.1 Å². The van der Waals surface area contributed by atoms with Gasteiger partial charge in [-0.05, 0) is 24.6 Å². The van der Waals surface area contributed by atoms with Crippen LogP contribution in [-0.2, 0) is 6.18 Å². The van der Waals surface area contributed by atoms with Gasteiger partial charge in [0.25, 0.3) is 5.91 Å². The van der Waals surface area contributed by atoms with Crippen molar-refractivity contribution < 1.29 is 22.4 Å². The number of benzene rings is 1. The largest absolute Gasteiger partial charge is 0.416 e. The first-order chi connectivity index (χ1) is 7.84. The second kappa shape index (κ2) is 5.16. The Bertz CT molecular complexity index is 414. The van der Waals surface area contributed by atoms with E-state index in [9.17, 15) is 22.4 Å². The molecule has 0 radical (unpaired) electrons. The van der Waals surface area contributed by atoms with Crippen LogP contribution in [0.15, 0.2) is 18.2 Å².